The Hall–Kier alpha value is -3.16. The summed E-state index contributed by atoms with van der Waals surface area (Å²) in [5.74, 6) is 0.210. The van der Waals surface area contributed by atoms with E-state index in [4.69, 9.17) is 5.26 Å². The molecule has 0 unspecified atom stereocenters. The topological polar surface area (TPSA) is 47.3 Å². The molecule has 1 saturated heterocycles. The summed E-state index contributed by atoms with van der Waals surface area (Å²) in [6.45, 7) is 4.30. The van der Waals surface area contributed by atoms with Gasteiger partial charge in [-0.25, -0.2) is 0 Å². The molecular weight excluding hydrogens is 358 g/mol. The Morgan fingerprint density at radius 3 is 2.52 bits per heavy atom. The fraction of sp³-hybridized carbons (Fsp3) is 0.280. The second-order valence-corrected chi connectivity index (χ2v) is 7.63. The molecule has 0 saturated carbocycles. The smallest absolute Gasteiger partial charge is 0.227 e. The molecule has 146 valence electrons. The number of hydrogen-bond acceptors (Lipinski definition) is 3. The number of carbonyl (C=O) groups excluding carboxylic acids is 1. The van der Waals surface area contributed by atoms with Crippen molar-refractivity contribution < 1.29 is 4.79 Å². The zero-order valence-electron chi connectivity index (χ0n) is 16.6. The van der Waals surface area contributed by atoms with Crippen molar-refractivity contribution in [1.29, 1.82) is 5.26 Å². The average Bonchev–Trinajstić information content (AvgIpc) is 3.00. The molecule has 0 N–H and O–H groups in total. The highest BCUT2D eigenvalue weighted by atomic mass is 16.2. The fourth-order valence-electron chi connectivity index (χ4n) is 4.04. The molecule has 4 nitrogen and oxygen atoms in total. The summed E-state index contributed by atoms with van der Waals surface area (Å²) in [7, 11) is 0. The molecule has 4 heteroatoms. The first-order valence-corrected chi connectivity index (χ1v) is 10.2. The van der Waals surface area contributed by atoms with Gasteiger partial charge in [0, 0.05) is 32.7 Å². The minimum atomic E-state index is 0.210. The van der Waals surface area contributed by atoms with Crippen molar-refractivity contribution >= 4 is 16.7 Å². The molecule has 0 aromatic heterocycles. The summed E-state index contributed by atoms with van der Waals surface area (Å²) in [4.78, 5) is 17.4. The Labute approximate surface area is 172 Å². The van der Waals surface area contributed by atoms with Gasteiger partial charge in [0.05, 0.1) is 18.1 Å². The first kappa shape index (κ1) is 19.2. The van der Waals surface area contributed by atoms with Crippen LogP contribution in [-0.2, 0) is 17.8 Å². The summed E-state index contributed by atoms with van der Waals surface area (Å²) in [5, 5.41) is 11.3. The van der Waals surface area contributed by atoms with Gasteiger partial charge in [0.2, 0.25) is 5.91 Å². The number of benzene rings is 3. The molecule has 3 aromatic carbocycles. The highest BCUT2D eigenvalue weighted by Gasteiger charge is 2.20. The average molecular weight is 383 g/mol. The standard InChI is InChI=1S/C25H25N3O/c26-18-20-9-11-21(12-10-20)19-27-13-4-14-28(16-15-27)25(29)17-23-7-3-6-22-5-1-2-8-24(22)23/h1-3,5-12H,4,13-17,19H2. The maximum absolute atomic E-state index is 13.0. The lowest BCUT2D eigenvalue weighted by atomic mass is 10.0. The normalized spacial score (nSPS) is 15.1. The van der Waals surface area contributed by atoms with Gasteiger partial charge in [0.15, 0.2) is 0 Å². The molecular formula is C25H25N3O. The first-order valence-electron chi connectivity index (χ1n) is 10.2. The van der Waals surface area contributed by atoms with Crippen molar-refractivity contribution in [1.82, 2.24) is 9.80 Å². The van der Waals surface area contributed by atoms with Crippen LogP contribution in [0.3, 0.4) is 0 Å². The SMILES string of the molecule is N#Cc1ccc(CN2CCCN(C(=O)Cc3cccc4ccccc34)CC2)cc1. The molecule has 1 aliphatic rings. The molecule has 4 rings (SSSR count). The van der Waals surface area contributed by atoms with E-state index < -0.39 is 0 Å². The molecule has 3 aromatic rings. The minimum Gasteiger partial charge on any atom is -0.341 e. The van der Waals surface area contributed by atoms with Gasteiger partial charge in [-0.3, -0.25) is 9.69 Å². The molecule has 1 amide bonds. The fourth-order valence-corrected chi connectivity index (χ4v) is 4.04. The predicted molar refractivity (Wildman–Crippen MR) is 115 cm³/mol. The van der Waals surface area contributed by atoms with Crippen LogP contribution in [0.15, 0.2) is 66.7 Å². The molecule has 0 spiro atoms. The Bertz CT molecular complexity index is 1030. The summed E-state index contributed by atoms with van der Waals surface area (Å²) < 4.78 is 0. The lowest BCUT2D eigenvalue weighted by molar-refractivity contribution is -0.130. The van der Waals surface area contributed by atoms with Crippen LogP contribution in [-0.4, -0.2) is 41.9 Å². The van der Waals surface area contributed by atoms with Crippen LogP contribution in [0.25, 0.3) is 10.8 Å². The lowest BCUT2D eigenvalue weighted by Crippen LogP contribution is -2.36. The molecule has 1 heterocycles. The van der Waals surface area contributed by atoms with Crippen molar-refractivity contribution in [3.05, 3.63) is 83.4 Å². The summed E-state index contributed by atoms with van der Waals surface area (Å²) in [5.41, 5.74) is 3.00. The van der Waals surface area contributed by atoms with Crippen LogP contribution in [0, 0.1) is 11.3 Å². The van der Waals surface area contributed by atoms with Crippen LogP contribution >= 0.6 is 0 Å². The molecule has 0 radical (unpaired) electrons. The van der Waals surface area contributed by atoms with E-state index in [2.05, 4.69) is 35.2 Å². The number of rotatable bonds is 4. The number of carbonyl (C=O) groups is 1. The molecule has 0 aliphatic carbocycles. The van der Waals surface area contributed by atoms with Crippen LogP contribution in [0.4, 0.5) is 0 Å². The molecule has 1 aliphatic heterocycles. The van der Waals surface area contributed by atoms with E-state index in [-0.39, 0.29) is 5.91 Å². The summed E-state index contributed by atoms with van der Waals surface area (Å²) in [6, 6.07) is 24.4. The Balaban J connectivity index is 1.37. The third-order valence-electron chi connectivity index (χ3n) is 5.65. The zero-order chi connectivity index (χ0) is 20.1. The van der Waals surface area contributed by atoms with Gasteiger partial charge in [-0.2, -0.15) is 5.26 Å². The third kappa shape index (κ3) is 4.64. The summed E-state index contributed by atoms with van der Waals surface area (Å²) >= 11 is 0. The van der Waals surface area contributed by atoms with E-state index in [0.717, 1.165) is 44.7 Å². The van der Waals surface area contributed by atoms with Crippen LogP contribution < -0.4 is 0 Å². The first-order chi connectivity index (χ1) is 14.2. The van der Waals surface area contributed by atoms with Gasteiger partial charge in [0.25, 0.3) is 0 Å². The maximum atomic E-state index is 13.0. The Morgan fingerprint density at radius 2 is 1.69 bits per heavy atom. The van der Waals surface area contributed by atoms with Crippen LogP contribution in [0.2, 0.25) is 0 Å². The molecule has 1 fully saturated rings. The van der Waals surface area contributed by atoms with E-state index >= 15 is 0 Å². The maximum Gasteiger partial charge on any atom is 0.227 e. The monoisotopic (exact) mass is 383 g/mol. The number of nitriles is 1. The van der Waals surface area contributed by atoms with Crippen molar-refractivity contribution in [2.24, 2.45) is 0 Å². The van der Waals surface area contributed by atoms with Gasteiger partial charge >= 0.3 is 0 Å². The predicted octanol–water partition coefficient (Wildman–Crippen LogP) is 3.99. The van der Waals surface area contributed by atoms with E-state index in [9.17, 15) is 4.79 Å². The van der Waals surface area contributed by atoms with E-state index in [1.54, 1.807) is 0 Å². The summed E-state index contributed by atoms with van der Waals surface area (Å²) in [6.07, 6.45) is 1.44. The number of hydrogen-bond donors (Lipinski definition) is 0. The van der Waals surface area contributed by atoms with Crippen molar-refractivity contribution in [3.8, 4) is 6.07 Å². The molecule has 29 heavy (non-hydrogen) atoms. The number of fused-ring (bicyclic) bond motifs is 1. The highest BCUT2D eigenvalue weighted by molar-refractivity contribution is 5.90. The number of amides is 1. The van der Waals surface area contributed by atoms with E-state index in [0.29, 0.717) is 12.0 Å². The van der Waals surface area contributed by atoms with Crippen molar-refractivity contribution in [3.63, 3.8) is 0 Å². The second-order valence-electron chi connectivity index (χ2n) is 7.63. The van der Waals surface area contributed by atoms with Crippen molar-refractivity contribution in [2.75, 3.05) is 26.2 Å². The Kier molecular flexibility index (Phi) is 5.88. The zero-order valence-corrected chi connectivity index (χ0v) is 16.6. The largest absolute Gasteiger partial charge is 0.341 e. The van der Waals surface area contributed by atoms with Gasteiger partial charge in [-0.05, 0) is 40.5 Å². The highest BCUT2D eigenvalue weighted by Crippen LogP contribution is 2.20. The third-order valence-corrected chi connectivity index (χ3v) is 5.65. The Morgan fingerprint density at radius 1 is 0.897 bits per heavy atom. The minimum absolute atomic E-state index is 0.210. The van der Waals surface area contributed by atoms with Crippen LogP contribution in [0.5, 0.6) is 0 Å². The van der Waals surface area contributed by atoms with Crippen LogP contribution in [0.1, 0.15) is 23.1 Å². The quantitative estimate of drug-likeness (QED) is 0.684. The van der Waals surface area contributed by atoms with Gasteiger partial charge in [-0.1, -0.05) is 54.6 Å². The van der Waals surface area contributed by atoms with Gasteiger partial charge in [0.1, 0.15) is 0 Å². The molecule has 0 bridgehead atoms. The van der Waals surface area contributed by atoms with E-state index in [1.807, 2.05) is 47.4 Å². The van der Waals surface area contributed by atoms with Gasteiger partial charge < -0.3 is 4.90 Å². The van der Waals surface area contributed by atoms with Gasteiger partial charge in [-0.15, -0.1) is 0 Å². The number of nitrogens with zero attached hydrogens (tertiary/aromatic N) is 3. The molecule has 0 atom stereocenters. The van der Waals surface area contributed by atoms with Crippen molar-refractivity contribution in [2.45, 2.75) is 19.4 Å². The lowest BCUT2D eigenvalue weighted by Gasteiger charge is -2.22. The van der Waals surface area contributed by atoms with E-state index in [1.165, 1.54) is 16.3 Å². The second kappa shape index (κ2) is 8.89.